The average Bonchev–Trinajstić information content (AvgIpc) is 1.60. The molecular formula is C3ClF3N2O. The standard InChI is InChI=1S/C3ClF3N2O/c4-2(10)1(9-8)3(5,6)7. The number of nitrogens with zero attached hydrogens (tertiary/aromatic N) is 2. The van der Waals surface area contributed by atoms with Crippen LogP contribution in [0.25, 0.3) is 5.53 Å². The molecule has 0 aliphatic rings. The highest BCUT2D eigenvalue weighted by Crippen LogP contribution is 2.16. The van der Waals surface area contributed by atoms with E-state index in [4.69, 9.17) is 5.53 Å². The van der Waals surface area contributed by atoms with Gasteiger partial charge in [0, 0.05) is 0 Å². The molecule has 7 heteroatoms. The summed E-state index contributed by atoms with van der Waals surface area (Å²) in [4.78, 5) is 11.4. The summed E-state index contributed by atoms with van der Waals surface area (Å²) in [6, 6.07) is 0. The van der Waals surface area contributed by atoms with Gasteiger partial charge in [0.1, 0.15) is 0 Å². The van der Waals surface area contributed by atoms with E-state index in [2.05, 4.69) is 11.6 Å². The van der Waals surface area contributed by atoms with Gasteiger partial charge < -0.3 is 5.53 Å². The zero-order chi connectivity index (χ0) is 8.36. The van der Waals surface area contributed by atoms with Crippen LogP contribution < -0.4 is 0 Å². The van der Waals surface area contributed by atoms with E-state index in [0.717, 1.165) is 0 Å². The summed E-state index contributed by atoms with van der Waals surface area (Å²) < 4.78 is 34.1. The summed E-state index contributed by atoms with van der Waals surface area (Å²) in [6.45, 7) is 0. The van der Waals surface area contributed by atoms with Crippen LogP contribution in [0.1, 0.15) is 0 Å². The zero-order valence-electron chi connectivity index (χ0n) is 4.31. The molecule has 0 rings (SSSR count). The minimum Gasteiger partial charge on any atom is -0.361 e. The molecule has 0 aliphatic carbocycles. The Bertz CT molecular complexity index is 204. The number of hydrogen-bond acceptors (Lipinski definition) is 1. The molecule has 0 heterocycles. The van der Waals surface area contributed by atoms with Crippen molar-refractivity contribution in [3.05, 3.63) is 5.53 Å². The Balaban J connectivity index is 4.74. The van der Waals surface area contributed by atoms with Gasteiger partial charge >= 0.3 is 17.1 Å². The lowest BCUT2D eigenvalue weighted by Crippen LogP contribution is -2.29. The number of carbonyl (C=O) groups excluding carboxylic acids is 1. The minimum atomic E-state index is -4.99. The van der Waals surface area contributed by atoms with E-state index in [1.54, 1.807) is 4.79 Å². The summed E-state index contributed by atoms with van der Waals surface area (Å²) in [5, 5.41) is -1.84. The molecular weight excluding hydrogens is 172 g/mol. The maximum Gasteiger partial charge on any atom is 0.500 e. The normalized spacial score (nSPS) is 10.4. The largest absolute Gasteiger partial charge is 0.500 e. The highest BCUT2D eigenvalue weighted by Gasteiger charge is 2.48. The SMILES string of the molecule is [N-]=[N+]=C(C(=O)Cl)C(F)(F)F. The first-order valence-corrected chi connectivity index (χ1v) is 2.26. The van der Waals surface area contributed by atoms with Crippen molar-refractivity contribution in [1.29, 1.82) is 0 Å². The van der Waals surface area contributed by atoms with Crippen molar-refractivity contribution >= 4 is 22.6 Å². The van der Waals surface area contributed by atoms with E-state index in [9.17, 15) is 18.0 Å². The second-order valence-electron chi connectivity index (χ2n) is 1.22. The van der Waals surface area contributed by atoms with E-state index in [-0.39, 0.29) is 0 Å². The van der Waals surface area contributed by atoms with Gasteiger partial charge in [0.15, 0.2) is 0 Å². The molecule has 0 atom stereocenters. The molecule has 0 spiro atoms. The van der Waals surface area contributed by atoms with Crippen molar-refractivity contribution in [2.45, 2.75) is 6.18 Å². The molecule has 0 aliphatic heterocycles. The average molecular weight is 172 g/mol. The molecule has 0 fully saturated rings. The number of alkyl halides is 3. The van der Waals surface area contributed by atoms with E-state index in [1.165, 1.54) is 0 Å². The predicted octanol–water partition coefficient (Wildman–Crippen LogP) is 0.985. The Hall–Kier alpha value is -0.870. The molecule has 0 unspecified atom stereocenters. The molecule has 0 saturated carbocycles. The molecule has 0 radical (unpaired) electrons. The van der Waals surface area contributed by atoms with Crippen LogP contribution in [0.4, 0.5) is 13.2 Å². The highest BCUT2D eigenvalue weighted by molar-refractivity contribution is 6.81. The van der Waals surface area contributed by atoms with Crippen LogP contribution in [0, 0.1) is 0 Å². The summed E-state index contributed by atoms with van der Waals surface area (Å²) in [7, 11) is 0. The number of halogens is 4. The van der Waals surface area contributed by atoms with Gasteiger partial charge in [-0.2, -0.15) is 18.0 Å². The third kappa shape index (κ3) is 2.16. The highest BCUT2D eigenvalue weighted by atomic mass is 35.5. The Morgan fingerprint density at radius 3 is 1.90 bits per heavy atom. The lowest BCUT2D eigenvalue weighted by Gasteiger charge is -1.93. The first-order chi connectivity index (χ1) is 4.39. The molecule has 10 heavy (non-hydrogen) atoms. The van der Waals surface area contributed by atoms with Crippen molar-refractivity contribution in [2.75, 3.05) is 0 Å². The molecule has 0 aromatic carbocycles. The monoisotopic (exact) mass is 172 g/mol. The van der Waals surface area contributed by atoms with Crippen LogP contribution in [0.3, 0.4) is 0 Å². The van der Waals surface area contributed by atoms with Crippen molar-refractivity contribution in [2.24, 2.45) is 0 Å². The van der Waals surface area contributed by atoms with Gasteiger partial charge in [-0.1, -0.05) is 0 Å². The smallest absolute Gasteiger partial charge is 0.361 e. The van der Waals surface area contributed by atoms with E-state index in [0.29, 0.717) is 0 Å². The molecule has 0 aromatic rings. The lowest BCUT2D eigenvalue weighted by atomic mass is 10.4. The summed E-state index contributed by atoms with van der Waals surface area (Å²) in [6.07, 6.45) is -4.99. The van der Waals surface area contributed by atoms with Gasteiger partial charge in [-0.25, -0.2) is 0 Å². The van der Waals surface area contributed by atoms with E-state index >= 15 is 0 Å². The lowest BCUT2D eigenvalue weighted by molar-refractivity contribution is -0.131. The zero-order valence-corrected chi connectivity index (χ0v) is 5.07. The van der Waals surface area contributed by atoms with Gasteiger partial charge in [-0.15, -0.1) is 0 Å². The van der Waals surface area contributed by atoms with Crippen LogP contribution in [-0.2, 0) is 4.79 Å². The first-order valence-electron chi connectivity index (χ1n) is 1.88. The molecule has 0 bridgehead atoms. The van der Waals surface area contributed by atoms with Crippen LogP contribution in [0.15, 0.2) is 0 Å². The van der Waals surface area contributed by atoms with E-state index < -0.39 is 17.1 Å². The third-order valence-electron chi connectivity index (χ3n) is 0.555. The number of carbonyl (C=O) groups is 1. The van der Waals surface area contributed by atoms with Crippen molar-refractivity contribution < 1.29 is 22.8 Å². The number of hydrogen-bond donors (Lipinski definition) is 0. The van der Waals surface area contributed by atoms with Gasteiger partial charge in [-0.05, 0) is 11.6 Å². The van der Waals surface area contributed by atoms with Gasteiger partial charge in [0.05, 0.1) is 0 Å². The summed E-state index contributed by atoms with van der Waals surface area (Å²) in [5.74, 6) is 0. The molecule has 0 aromatic heterocycles. The summed E-state index contributed by atoms with van der Waals surface area (Å²) in [5.41, 5.74) is 5.58. The second kappa shape index (κ2) is 2.81. The predicted molar refractivity (Wildman–Crippen MR) is 25.5 cm³/mol. The topological polar surface area (TPSA) is 53.5 Å². The maximum absolute atomic E-state index is 11.4. The maximum atomic E-state index is 11.4. The van der Waals surface area contributed by atoms with Gasteiger partial charge in [-0.3, -0.25) is 4.79 Å². The Morgan fingerprint density at radius 1 is 1.50 bits per heavy atom. The Kier molecular flexibility index (Phi) is 2.56. The molecule has 56 valence electrons. The molecule has 3 nitrogen and oxygen atoms in total. The van der Waals surface area contributed by atoms with Crippen LogP contribution in [-0.4, -0.2) is 21.9 Å². The quantitative estimate of drug-likeness (QED) is 0.252. The molecule has 0 amide bonds. The fraction of sp³-hybridized carbons (Fsp3) is 0.333. The van der Waals surface area contributed by atoms with Gasteiger partial charge in [0.25, 0.3) is 0 Å². The minimum absolute atomic E-state index is 1.67. The molecule has 0 N–H and O–H groups in total. The number of rotatable bonds is 1. The Morgan fingerprint density at radius 2 is 1.90 bits per heavy atom. The first kappa shape index (κ1) is 9.13. The fourth-order valence-corrected chi connectivity index (χ4v) is 0.352. The van der Waals surface area contributed by atoms with E-state index in [1.807, 2.05) is 0 Å². The van der Waals surface area contributed by atoms with Crippen molar-refractivity contribution in [1.82, 2.24) is 0 Å². The van der Waals surface area contributed by atoms with Crippen LogP contribution >= 0.6 is 11.6 Å². The Labute approximate surface area is 58.0 Å². The fourth-order valence-electron chi connectivity index (χ4n) is 0.207. The van der Waals surface area contributed by atoms with Crippen LogP contribution in [0.5, 0.6) is 0 Å². The second-order valence-corrected chi connectivity index (χ2v) is 1.56. The third-order valence-corrected chi connectivity index (χ3v) is 0.734. The van der Waals surface area contributed by atoms with Crippen molar-refractivity contribution in [3.8, 4) is 0 Å². The molecule has 0 saturated heterocycles. The van der Waals surface area contributed by atoms with Gasteiger partial charge in [0.2, 0.25) is 0 Å². The summed E-state index contributed by atoms with van der Waals surface area (Å²) >= 11 is 4.38. The van der Waals surface area contributed by atoms with Crippen molar-refractivity contribution in [3.63, 3.8) is 0 Å². The van der Waals surface area contributed by atoms with Crippen LogP contribution in [0.2, 0.25) is 0 Å².